The molecule has 0 amide bonds. The Kier molecular flexibility index (Phi) is 6.90. The molecule has 4 nitrogen and oxygen atoms in total. The molecule has 105 valence electrons. The Balaban J connectivity index is 0.00000220. The molecule has 0 spiro atoms. The van der Waals surface area contributed by atoms with Gasteiger partial charge in [-0.15, -0.1) is 0 Å². The number of nitrogens with zero attached hydrogens (tertiary/aromatic N) is 1. The first-order chi connectivity index (χ1) is 9.47. The van der Waals surface area contributed by atoms with E-state index in [1.165, 1.54) is 18.3 Å². The van der Waals surface area contributed by atoms with E-state index in [-0.39, 0.29) is 34.5 Å². The van der Waals surface area contributed by atoms with Crippen LogP contribution in [0, 0.1) is 6.92 Å². The van der Waals surface area contributed by atoms with Crippen LogP contribution < -0.4 is 4.83 Å². The fourth-order valence-electron chi connectivity index (χ4n) is 1.49. The average Bonchev–Trinajstić information content (AvgIpc) is 2.41. The molecule has 0 aromatic heterocycles. The third-order valence-electron chi connectivity index (χ3n) is 2.59. The molecule has 0 unspecified atom stereocenters. The molecule has 0 saturated carbocycles. The summed E-state index contributed by atoms with van der Waals surface area (Å²) in [6, 6.07) is 13.4. The first kappa shape index (κ1) is 18.2. The van der Waals surface area contributed by atoms with E-state index in [9.17, 15) is 8.42 Å². The number of aryl methyl sites for hydroxylation is 1. The first-order valence-electron chi connectivity index (χ1n) is 5.84. The van der Waals surface area contributed by atoms with Crippen molar-refractivity contribution in [3.63, 3.8) is 0 Å². The summed E-state index contributed by atoms with van der Waals surface area (Å²) >= 11 is 5.76. The van der Waals surface area contributed by atoms with Gasteiger partial charge in [-0.3, -0.25) is 0 Å². The van der Waals surface area contributed by atoms with Crippen LogP contribution in [-0.4, -0.2) is 44.2 Å². The molecule has 2 rings (SSSR count). The van der Waals surface area contributed by atoms with E-state index in [4.69, 9.17) is 11.6 Å². The summed E-state index contributed by atoms with van der Waals surface area (Å²) in [5.74, 6) is 0. The molecular formula is C14H13ClN2NaO2S. The van der Waals surface area contributed by atoms with E-state index in [0.717, 1.165) is 11.1 Å². The molecule has 7 heteroatoms. The van der Waals surface area contributed by atoms with Crippen molar-refractivity contribution in [3.05, 3.63) is 64.7 Å². The maximum Gasteiger partial charge on any atom is 0.276 e. The van der Waals surface area contributed by atoms with Crippen LogP contribution in [0.4, 0.5) is 0 Å². The molecule has 0 heterocycles. The summed E-state index contributed by atoms with van der Waals surface area (Å²) < 4.78 is 23.9. The van der Waals surface area contributed by atoms with E-state index in [1.807, 2.05) is 6.92 Å². The average molecular weight is 332 g/mol. The second kappa shape index (κ2) is 7.96. The van der Waals surface area contributed by atoms with Crippen LogP contribution in [-0.2, 0) is 10.0 Å². The summed E-state index contributed by atoms with van der Waals surface area (Å²) in [5.41, 5.74) is 1.75. The number of benzene rings is 2. The third-order valence-corrected chi connectivity index (χ3v) is 4.08. The van der Waals surface area contributed by atoms with Gasteiger partial charge in [0.25, 0.3) is 10.0 Å². The van der Waals surface area contributed by atoms with Crippen molar-refractivity contribution in [1.82, 2.24) is 4.83 Å². The van der Waals surface area contributed by atoms with E-state index < -0.39 is 10.0 Å². The first-order valence-corrected chi connectivity index (χ1v) is 7.70. The molecule has 0 aliphatic carbocycles. The van der Waals surface area contributed by atoms with Gasteiger partial charge in [-0.25, -0.2) is 4.83 Å². The number of rotatable bonds is 4. The summed E-state index contributed by atoms with van der Waals surface area (Å²) in [6.45, 7) is 1.89. The van der Waals surface area contributed by atoms with Crippen molar-refractivity contribution in [1.29, 1.82) is 0 Å². The fourth-order valence-corrected chi connectivity index (χ4v) is 2.41. The van der Waals surface area contributed by atoms with Crippen LogP contribution in [0.3, 0.4) is 0 Å². The molecule has 21 heavy (non-hydrogen) atoms. The van der Waals surface area contributed by atoms with Crippen molar-refractivity contribution in [2.24, 2.45) is 5.10 Å². The molecule has 0 aliphatic rings. The molecule has 0 aliphatic heterocycles. The standard InChI is InChI=1S/C14H13ClN2O2S.Na/c1-11-2-8-14(9-3-11)20(18,19)17-16-10-12-4-6-13(15)7-5-12;/h2-10,17H,1H3;. The van der Waals surface area contributed by atoms with Gasteiger partial charge < -0.3 is 0 Å². The number of nitrogens with one attached hydrogen (secondary N) is 1. The second-order valence-corrected chi connectivity index (χ2v) is 6.31. The summed E-state index contributed by atoms with van der Waals surface area (Å²) in [5, 5.41) is 4.35. The van der Waals surface area contributed by atoms with Crippen molar-refractivity contribution in [3.8, 4) is 0 Å². The number of hydrazone groups is 1. The number of sulfonamides is 1. The van der Waals surface area contributed by atoms with Gasteiger partial charge in [-0.05, 0) is 36.8 Å². The SMILES string of the molecule is Cc1ccc(S(=O)(=O)NN=Cc2ccc(Cl)cc2)cc1.[Na]. The summed E-state index contributed by atoms with van der Waals surface area (Å²) in [6.07, 6.45) is 1.42. The maximum atomic E-state index is 11.9. The Bertz CT molecular complexity index is 714. The smallest absolute Gasteiger partial charge is 0.200 e. The quantitative estimate of drug-likeness (QED) is 0.532. The van der Waals surface area contributed by atoms with E-state index in [2.05, 4.69) is 9.93 Å². The molecule has 0 fully saturated rings. The van der Waals surface area contributed by atoms with Gasteiger partial charge in [-0.2, -0.15) is 13.5 Å². The van der Waals surface area contributed by atoms with Gasteiger partial charge in [0, 0.05) is 34.6 Å². The Labute approximate surface area is 151 Å². The van der Waals surface area contributed by atoms with E-state index in [0.29, 0.717) is 5.02 Å². The molecule has 0 saturated heterocycles. The van der Waals surface area contributed by atoms with E-state index in [1.54, 1.807) is 36.4 Å². The third kappa shape index (κ3) is 5.45. The Morgan fingerprint density at radius 2 is 1.62 bits per heavy atom. The molecule has 2 aromatic carbocycles. The summed E-state index contributed by atoms with van der Waals surface area (Å²) in [4.78, 5) is 2.34. The Morgan fingerprint density at radius 1 is 1.05 bits per heavy atom. The van der Waals surface area contributed by atoms with Crippen LogP contribution in [0.1, 0.15) is 11.1 Å². The Morgan fingerprint density at radius 3 is 2.19 bits per heavy atom. The fraction of sp³-hybridized carbons (Fsp3) is 0.0714. The minimum Gasteiger partial charge on any atom is -0.200 e. The molecular weight excluding hydrogens is 319 g/mol. The minimum absolute atomic E-state index is 0. The monoisotopic (exact) mass is 331 g/mol. The predicted molar refractivity (Wildman–Crippen MR) is 86.3 cm³/mol. The topological polar surface area (TPSA) is 58.5 Å². The van der Waals surface area contributed by atoms with Gasteiger partial charge in [0.15, 0.2) is 0 Å². The van der Waals surface area contributed by atoms with Crippen LogP contribution in [0.2, 0.25) is 5.02 Å². The van der Waals surface area contributed by atoms with E-state index >= 15 is 0 Å². The largest absolute Gasteiger partial charge is 0.276 e. The second-order valence-electron chi connectivity index (χ2n) is 4.22. The van der Waals surface area contributed by atoms with Crippen molar-refractivity contribution in [2.75, 3.05) is 0 Å². The van der Waals surface area contributed by atoms with Crippen molar-refractivity contribution < 1.29 is 8.42 Å². The molecule has 0 atom stereocenters. The molecule has 1 radical (unpaired) electrons. The molecule has 1 N–H and O–H groups in total. The molecule has 0 bridgehead atoms. The predicted octanol–water partition coefficient (Wildman–Crippen LogP) is 2.58. The molecule has 2 aromatic rings. The number of hydrogen-bond acceptors (Lipinski definition) is 3. The number of hydrogen-bond donors (Lipinski definition) is 1. The van der Waals surface area contributed by atoms with Gasteiger partial charge in [0.2, 0.25) is 0 Å². The zero-order valence-electron chi connectivity index (χ0n) is 11.7. The van der Waals surface area contributed by atoms with Crippen molar-refractivity contribution >= 4 is 57.4 Å². The number of halogens is 1. The van der Waals surface area contributed by atoms with Gasteiger partial charge in [-0.1, -0.05) is 41.4 Å². The summed E-state index contributed by atoms with van der Waals surface area (Å²) in [7, 11) is -3.63. The zero-order valence-corrected chi connectivity index (χ0v) is 15.3. The van der Waals surface area contributed by atoms with Crippen molar-refractivity contribution in [2.45, 2.75) is 11.8 Å². The Hall–Kier alpha value is -0.850. The van der Waals surface area contributed by atoms with Gasteiger partial charge in [0.1, 0.15) is 0 Å². The zero-order chi connectivity index (χ0) is 14.6. The van der Waals surface area contributed by atoms with Gasteiger partial charge in [0.05, 0.1) is 11.1 Å². The van der Waals surface area contributed by atoms with Crippen LogP contribution in [0.15, 0.2) is 58.5 Å². The normalized spacial score (nSPS) is 11.1. The minimum atomic E-state index is -3.63. The van der Waals surface area contributed by atoms with Gasteiger partial charge >= 0.3 is 0 Å². The van der Waals surface area contributed by atoms with Crippen LogP contribution in [0.5, 0.6) is 0 Å². The van der Waals surface area contributed by atoms with Crippen LogP contribution >= 0.6 is 11.6 Å². The maximum absolute atomic E-state index is 11.9. The van der Waals surface area contributed by atoms with Crippen LogP contribution in [0.25, 0.3) is 0 Å².